The second-order valence-corrected chi connectivity index (χ2v) is 6.44. The van der Waals surface area contributed by atoms with Crippen LogP contribution in [0.15, 0.2) is 48.8 Å². The van der Waals surface area contributed by atoms with Gasteiger partial charge in [-0.2, -0.15) is 0 Å². The van der Waals surface area contributed by atoms with E-state index in [4.69, 9.17) is 0 Å². The number of imidazole rings is 1. The Morgan fingerprint density at radius 2 is 2.00 bits per heavy atom. The Labute approximate surface area is 140 Å². The van der Waals surface area contributed by atoms with Crippen LogP contribution in [-0.2, 0) is 13.0 Å². The number of para-hydroxylation sites is 1. The lowest BCUT2D eigenvalue weighted by atomic mass is 9.96. The van der Waals surface area contributed by atoms with E-state index in [1.54, 1.807) is 0 Å². The van der Waals surface area contributed by atoms with Gasteiger partial charge in [0.05, 0.1) is 18.1 Å². The molecule has 4 aromatic rings. The minimum atomic E-state index is 0.174. The second-order valence-electron chi connectivity index (χ2n) is 6.44. The predicted molar refractivity (Wildman–Crippen MR) is 97.3 cm³/mol. The first-order valence-electron chi connectivity index (χ1n) is 8.63. The number of rotatable bonds is 2. The van der Waals surface area contributed by atoms with Crippen LogP contribution in [0.1, 0.15) is 29.9 Å². The highest BCUT2D eigenvalue weighted by Crippen LogP contribution is 2.33. The molecule has 0 amide bonds. The number of fused-ring (bicyclic) bond motifs is 4. The van der Waals surface area contributed by atoms with Crippen LogP contribution in [0.5, 0.6) is 0 Å². The van der Waals surface area contributed by atoms with Crippen molar-refractivity contribution in [2.75, 3.05) is 6.54 Å². The molecule has 0 saturated heterocycles. The van der Waals surface area contributed by atoms with Crippen molar-refractivity contribution in [3.63, 3.8) is 0 Å². The SMILES string of the molecule is CCn1c2ccccc2c2cc(C3NCCc4[nH]cnc43)ccc21. The Hall–Kier alpha value is -2.59. The first kappa shape index (κ1) is 13.8. The topological polar surface area (TPSA) is 45.6 Å². The average Bonchev–Trinajstić information content (AvgIpc) is 3.23. The summed E-state index contributed by atoms with van der Waals surface area (Å²) in [5, 5.41) is 6.28. The Morgan fingerprint density at radius 1 is 1.12 bits per heavy atom. The Morgan fingerprint density at radius 3 is 2.92 bits per heavy atom. The van der Waals surface area contributed by atoms with Gasteiger partial charge in [-0.25, -0.2) is 4.98 Å². The lowest BCUT2D eigenvalue weighted by Crippen LogP contribution is -2.30. The van der Waals surface area contributed by atoms with Crippen molar-refractivity contribution in [2.24, 2.45) is 0 Å². The zero-order valence-corrected chi connectivity index (χ0v) is 13.7. The van der Waals surface area contributed by atoms with E-state index in [0.29, 0.717) is 0 Å². The number of aromatic amines is 1. The maximum atomic E-state index is 4.56. The molecule has 4 nitrogen and oxygen atoms in total. The first-order valence-corrected chi connectivity index (χ1v) is 8.63. The Balaban J connectivity index is 1.74. The molecular weight excluding hydrogens is 296 g/mol. The van der Waals surface area contributed by atoms with E-state index in [1.807, 2.05) is 6.33 Å². The van der Waals surface area contributed by atoms with Crippen molar-refractivity contribution in [3.8, 4) is 0 Å². The molecule has 0 saturated carbocycles. The van der Waals surface area contributed by atoms with E-state index >= 15 is 0 Å². The van der Waals surface area contributed by atoms with Gasteiger partial charge < -0.3 is 14.9 Å². The van der Waals surface area contributed by atoms with E-state index in [2.05, 4.69) is 69.2 Å². The fourth-order valence-electron chi connectivity index (χ4n) is 4.09. The molecule has 1 unspecified atom stereocenters. The number of hydrogen-bond donors (Lipinski definition) is 2. The van der Waals surface area contributed by atoms with E-state index < -0.39 is 0 Å². The molecule has 4 heteroatoms. The monoisotopic (exact) mass is 316 g/mol. The van der Waals surface area contributed by atoms with Crippen LogP contribution >= 0.6 is 0 Å². The summed E-state index contributed by atoms with van der Waals surface area (Å²) in [5.41, 5.74) is 6.30. The summed E-state index contributed by atoms with van der Waals surface area (Å²) >= 11 is 0. The van der Waals surface area contributed by atoms with Crippen LogP contribution in [0, 0.1) is 0 Å². The summed E-state index contributed by atoms with van der Waals surface area (Å²) in [4.78, 5) is 7.84. The van der Waals surface area contributed by atoms with Crippen LogP contribution in [0.3, 0.4) is 0 Å². The number of nitrogens with one attached hydrogen (secondary N) is 2. The molecule has 24 heavy (non-hydrogen) atoms. The summed E-state index contributed by atoms with van der Waals surface area (Å²) in [6, 6.07) is 15.7. The van der Waals surface area contributed by atoms with Gasteiger partial charge in [-0.15, -0.1) is 0 Å². The van der Waals surface area contributed by atoms with Crippen molar-refractivity contribution >= 4 is 21.8 Å². The van der Waals surface area contributed by atoms with E-state index in [0.717, 1.165) is 25.2 Å². The third kappa shape index (κ3) is 1.86. The van der Waals surface area contributed by atoms with Crippen LogP contribution < -0.4 is 5.32 Å². The van der Waals surface area contributed by atoms with Crippen molar-refractivity contribution in [1.29, 1.82) is 0 Å². The maximum absolute atomic E-state index is 4.56. The number of nitrogens with zero attached hydrogens (tertiary/aromatic N) is 2. The molecule has 120 valence electrons. The third-order valence-corrected chi connectivity index (χ3v) is 5.19. The largest absolute Gasteiger partial charge is 0.348 e. The summed E-state index contributed by atoms with van der Waals surface area (Å²) in [6.07, 6.45) is 2.83. The fourth-order valence-corrected chi connectivity index (χ4v) is 4.09. The van der Waals surface area contributed by atoms with Crippen LogP contribution in [-0.4, -0.2) is 21.1 Å². The normalized spacial score (nSPS) is 17.5. The van der Waals surface area contributed by atoms with E-state index in [9.17, 15) is 0 Å². The van der Waals surface area contributed by atoms with E-state index in [1.165, 1.54) is 33.1 Å². The molecule has 1 atom stereocenters. The molecule has 2 aromatic heterocycles. The van der Waals surface area contributed by atoms with Gasteiger partial charge in [-0.3, -0.25) is 0 Å². The molecule has 3 heterocycles. The van der Waals surface area contributed by atoms with Gasteiger partial charge in [0.15, 0.2) is 0 Å². The maximum Gasteiger partial charge on any atom is 0.0926 e. The van der Waals surface area contributed by atoms with Gasteiger partial charge in [0, 0.05) is 47.0 Å². The molecule has 2 N–H and O–H groups in total. The highest BCUT2D eigenvalue weighted by atomic mass is 15.0. The van der Waals surface area contributed by atoms with Crippen molar-refractivity contribution < 1.29 is 0 Å². The van der Waals surface area contributed by atoms with Crippen LogP contribution in [0.2, 0.25) is 0 Å². The fraction of sp³-hybridized carbons (Fsp3) is 0.250. The summed E-state index contributed by atoms with van der Waals surface area (Å²) < 4.78 is 2.39. The number of aryl methyl sites for hydroxylation is 1. The number of hydrogen-bond acceptors (Lipinski definition) is 2. The van der Waals surface area contributed by atoms with E-state index in [-0.39, 0.29) is 6.04 Å². The molecule has 0 aliphatic carbocycles. The highest BCUT2D eigenvalue weighted by Gasteiger charge is 2.24. The lowest BCUT2D eigenvalue weighted by molar-refractivity contribution is 0.554. The molecule has 0 fully saturated rings. The molecule has 1 aliphatic heterocycles. The first-order chi connectivity index (χ1) is 11.9. The molecular formula is C20H20N4. The molecule has 0 spiro atoms. The van der Waals surface area contributed by atoms with Gasteiger partial charge in [0.25, 0.3) is 0 Å². The highest BCUT2D eigenvalue weighted by molar-refractivity contribution is 6.08. The van der Waals surface area contributed by atoms with Crippen LogP contribution in [0.4, 0.5) is 0 Å². The molecule has 0 radical (unpaired) electrons. The molecule has 2 aromatic carbocycles. The van der Waals surface area contributed by atoms with Crippen molar-refractivity contribution in [3.05, 3.63) is 65.7 Å². The number of benzene rings is 2. The standard InChI is InChI=1S/C20H20N4/c1-2-24-17-6-4-3-5-14(17)15-11-13(7-8-18(15)24)19-20-16(9-10-21-19)22-12-23-20/h3-8,11-12,19,21H,2,9-10H2,1H3,(H,22,23). The number of aromatic nitrogens is 3. The Bertz CT molecular complexity index is 1040. The van der Waals surface area contributed by atoms with Crippen LogP contribution in [0.25, 0.3) is 21.8 Å². The van der Waals surface area contributed by atoms with Gasteiger partial charge in [-0.05, 0) is 30.7 Å². The average molecular weight is 316 g/mol. The second kappa shape index (κ2) is 5.21. The smallest absolute Gasteiger partial charge is 0.0926 e. The zero-order chi connectivity index (χ0) is 16.1. The number of H-pyrrole nitrogens is 1. The quantitative estimate of drug-likeness (QED) is 0.591. The zero-order valence-electron chi connectivity index (χ0n) is 13.7. The van der Waals surface area contributed by atoms with Gasteiger partial charge >= 0.3 is 0 Å². The molecule has 0 bridgehead atoms. The predicted octanol–water partition coefficient (Wildman–Crippen LogP) is 3.77. The van der Waals surface area contributed by atoms with Crippen molar-refractivity contribution in [1.82, 2.24) is 19.9 Å². The molecule has 1 aliphatic rings. The lowest BCUT2D eigenvalue weighted by Gasteiger charge is -2.23. The minimum Gasteiger partial charge on any atom is -0.348 e. The minimum absolute atomic E-state index is 0.174. The third-order valence-electron chi connectivity index (χ3n) is 5.19. The van der Waals surface area contributed by atoms with Gasteiger partial charge in [0.2, 0.25) is 0 Å². The summed E-state index contributed by atoms with van der Waals surface area (Å²) in [5.74, 6) is 0. The summed E-state index contributed by atoms with van der Waals surface area (Å²) in [6.45, 7) is 4.17. The molecule has 5 rings (SSSR count). The van der Waals surface area contributed by atoms with Gasteiger partial charge in [0.1, 0.15) is 0 Å². The van der Waals surface area contributed by atoms with Gasteiger partial charge in [-0.1, -0.05) is 24.3 Å². The summed E-state index contributed by atoms with van der Waals surface area (Å²) in [7, 11) is 0. The van der Waals surface area contributed by atoms with Crippen molar-refractivity contribution in [2.45, 2.75) is 25.9 Å². The Kier molecular flexibility index (Phi) is 3.00.